The van der Waals surface area contributed by atoms with Crippen LogP contribution < -0.4 is 0 Å². The molecular formula is C12H16ClFN2O. The minimum Gasteiger partial charge on any atom is -0.337 e. The molecule has 0 spiro atoms. The summed E-state index contributed by atoms with van der Waals surface area (Å²) in [6.07, 6.45) is 4.35. The summed E-state index contributed by atoms with van der Waals surface area (Å²) in [5.74, 6) is -0.346. The summed E-state index contributed by atoms with van der Waals surface area (Å²) < 4.78 is 13.0. The Morgan fingerprint density at radius 1 is 1.47 bits per heavy atom. The summed E-state index contributed by atoms with van der Waals surface area (Å²) in [5, 5.41) is 0. The van der Waals surface area contributed by atoms with E-state index >= 15 is 0 Å². The lowest BCUT2D eigenvalue weighted by Gasteiger charge is -2.21. The molecule has 17 heavy (non-hydrogen) atoms. The van der Waals surface area contributed by atoms with Crippen LogP contribution in [0.4, 0.5) is 4.39 Å². The molecule has 0 fully saturated rings. The topological polar surface area (TPSA) is 33.2 Å². The van der Waals surface area contributed by atoms with E-state index < -0.39 is 5.82 Å². The Bertz CT molecular complexity index is 373. The van der Waals surface area contributed by atoms with Gasteiger partial charge in [0.15, 0.2) is 0 Å². The molecule has 1 amide bonds. The molecule has 5 heteroatoms. The Labute approximate surface area is 106 Å². The number of halogens is 2. The predicted octanol–water partition coefficient (Wildman–Crippen LogP) is 2.70. The number of rotatable bonds is 6. The number of amides is 1. The first-order valence-corrected chi connectivity index (χ1v) is 6.18. The normalized spacial score (nSPS) is 10.3. The van der Waals surface area contributed by atoms with E-state index in [0.29, 0.717) is 19.0 Å². The SMILES string of the molecule is CCCCN(CCCl)C(=O)c1cncc(F)c1. The zero-order valence-electron chi connectivity index (χ0n) is 9.83. The average Bonchev–Trinajstić information content (AvgIpc) is 2.33. The van der Waals surface area contributed by atoms with Crippen LogP contribution in [0.2, 0.25) is 0 Å². The van der Waals surface area contributed by atoms with Crippen LogP contribution in [-0.2, 0) is 0 Å². The zero-order chi connectivity index (χ0) is 12.7. The maximum Gasteiger partial charge on any atom is 0.255 e. The number of carbonyl (C=O) groups is 1. The molecule has 0 N–H and O–H groups in total. The Morgan fingerprint density at radius 3 is 2.82 bits per heavy atom. The van der Waals surface area contributed by atoms with Gasteiger partial charge >= 0.3 is 0 Å². The van der Waals surface area contributed by atoms with Gasteiger partial charge in [-0.2, -0.15) is 0 Å². The van der Waals surface area contributed by atoms with E-state index in [-0.39, 0.29) is 11.5 Å². The Balaban J connectivity index is 2.76. The molecule has 0 atom stereocenters. The molecule has 94 valence electrons. The molecule has 1 aromatic rings. The van der Waals surface area contributed by atoms with Crippen LogP contribution in [0.1, 0.15) is 30.1 Å². The van der Waals surface area contributed by atoms with Crippen molar-refractivity contribution in [2.24, 2.45) is 0 Å². The summed E-state index contributed by atoms with van der Waals surface area (Å²) in [5.41, 5.74) is 0.270. The summed E-state index contributed by atoms with van der Waals surface area (Å²) in [7, 11) is 0. The lowest BCUT2D eigenvalue weighted by Crippen LogP contribution is -2.33. The zero-order valence-corrected chi connectivity index (χ0v) is 10.6. The van der Waals surface area contributed by atoms with E-state index in [0.717, 1.165) is 19.0 Å². The van der Waals surface area contributed by atoms with Crippen LogP contribution in [-0.4, -0.2) is 34.8 Å². The fourth-order valence-electron chi connectivity index (χ4n) is 1.48. The highest BCUT2D eigenvalue weighted by atomic mass is 35.5. The molecule has 0 aromatic carbocycles. The van der Waals surface area contributed by atoms with Crippen LogP contribution in [0.25, 0.3) is 0 Å². The molecule has 1 rings (SSSR count). The van der Waals surface area contributed by atoms with Gasteiger partial charge in [-0.15, -0.1) is 11.6 Å². The maximum absolute atomic E-state index is 13.0. The quantitative estimate of drug-likeness (QED) is 0.735. The number of hydrogen-bond acceptors (Lipinski definition) is 2. The first-order chi connectivity index (χ1) is 8.19. The second-order valence-electron chi connectivity index (χ2n) is 3.73. The second-order valence-corrected chi connectivity index (χ2v) is 4.10. The fourth-order valence-corrected chi connectivity index (χ4v) is 1.68. The first-order valence-electron chi connectivity index (χ1n) is 5.64. The van der Waals surface area contributed by atoms with Gasteiger partial charge in [0.25, 0.3) is 5.91 Å². The minimum atomic E-state index is -0.503. The second kappa shape index (κ2) is 7.22. The van der Waals surface area contributed by atoms with Gasteiger partial charge in [0, 0.05) is 25.2 Å². The molecule has 1 aromatic heterocycles. The van der Waals surface area contributed by atoms with E-state index in [9.17, 15) is 9.18 Å². The van der Waals surface area contributed by atoms with Crippen LogP contribution in [0.3, 0.4) is 0 Å². The van der Waals surface area contributed by atoms with Crippen molar-refractivity contribution in [3.05, 3.63) is 29.8 Å². The fraction of sp³-hybridized carbons (Fsp3) is 0.500. The molecule has 0 bridgehead atoms. The molecular weight excluding hydrogens is 243 g/mol. The van der Waals surface area contributed by atoms with Crippen molar-refractivity contribution in [3.63, 3.8) is 0 Å². The van der Waals surface area contributed by atoms with Crippen molar-refractivity contribution in [2.75, 3.05) is 19.0 Å². The molecule has 0 saturated heterocycles. The van der Waals surface area contributed by atoms with Crippen molar-refractivity contribution >= 4 is 17.5 Å². The summed E-state index contributed by atoms with van der Waals surface area (Å²) in [4.78, 5) is 17.4. The average molecular weight is 259 g/mol. The molecule has 0 unspecified atom stereocenters. The highest BCUT2D eigenvalue weighted by molar-refractivity contribution is 6.18. The van der Waals surface area contributed by atoms with Gasteiger partial charge in [-0.25, -0.2) is 4.39 Å². The monoisotopic (exact) mass is 258 g/mol. The van der Waals surface area contributed by atoms with E-state index in [2.05, 4.69) is 4.98 Å². The third kappa shape index (κ3) is 4.30. The number of hydrogen-bond donors (Lipinski definition) is 0. The minimum absolute atomic E-state index is 0.217. The molecule has 1 heterocycles. The standard InChI is InChI=1S/C12H16ClFN2O/c1-2-3-5-16(6-4-13)12(17)10-7-11(14)9-15-8-10/h7-9H,2-6H2,1H3. The number of aromatic nitrogens is 1. The number of nitrogens with zero attached hydrogens (tertiary/aromatic N) is 2. The molecule has 0 aliphatic carbocycles. The smallest absolute Gasteiger partial charge is 0.255 e. The first kappa shape index (κ1) is 13.9. The Kier molecular flexibility index (Phi) is 5.91. The van der Waals surface area contributed by atoms with Gasteiger partial charge in [0.2, 0.25) is 0 Å². The van der Waals surface area contributed by atoms with Crippen LogP contribution in [0.5, 0.6) is 0 Å². The van der Waals surface area contributed by atoms with Crippen molar-refractivity contribution in [3.8, 4) is 0 Å². The summed E-state index contributed by atoms with van der Waals surface area (Å²) in [6, 6.07) is 1.20. The van der Waals surface area contributed by atoms with Crippen molar-refractivity contribution in [1.82, 2.24) is 9.88 Å². The third-order valence-electron chi connectivity index (χ3n) is 2.38. The van der Waals surface area contributed by atoms with Gasteiger partial charge < -0.3 is 4.90 Å². The van der Waals surface area contributed by atoms with Crippen LogP contribution in [0.15, 0.2) is 18.5 Å². The van der Waals surface area contributed by atoms with Gasteiger partial charge in [-0.05, 0) is 12.5 Å². The van der Waals surface area contributed by atoms with Crippen molar-refractivity contribution in [2.45, 2.75) is 19.8 Å². The van der Waals surface area contributed by atoms with Crippen LogP contribution >= 0.6 is 11.6 Å². The molecule has 0 aliphatic rings. The molecule has 0 saturated carbocycles. The van der Waals surface area contributed by atoms with E-state index in [1.54, 1.807) is 4.90 Å². The number of pyridine rings is 1. The Hall–Kier alpha value is -1.16. The molecule has 3 nitrogen and oxygen atoms in total. The highest BCUT2D eigenvalue weighted by Gasteiger charge is 2.15. The van der Waals surface area contributed by atoms with E-state index in [1.165, 1.54) is 12.3 Å². The van der Waals surface area contributed by atoms with Gasteiger partial charge in [-0.1, -0.05) is 13.3 Å². The largest absolute Gasteiger partial charge is 0.337 e. The Morgan fingerprint density at radius 2 is 2.24 bits per heavy atom. The van der Waals surface area contributed by atoms with E-state index in [1.807, 2.05) is 6.92 Å². The summed E-state index contributed by atoms with van der Waals surface area (Å²) in [6.45, 7) is 3.16. The lowest BCUT2D eigenvalue weighted by molar-refractivity contribution is 0.0762. The number of carbonyl (C=O) groups excluding carboxylic acids is 1. The third-order valence-corrected chi connectivity index (χ3v) is 2.54. The predicted molar refractivity (Wildman–Crippen MR) is 65.7 cm³/mol. The van der Waals surface area contributed by atoms with Crippen LogP contribution in [0, 0.1) is 5.82 Å². The molecule has 0 aliphatic heterocycles. The van der Waals surface area contributed by atoms with Gasteiger partial charge in [-0.3, -0.25) is 9.78 Å². The molecule has 0 radical (unpaired) electrons. The highest BCUT2D eigenvalue weighted by Crippen LogP contribution is 2.07. The maximum atomic E-state index is 13.0. The lowest BCUT2D eigenvalue weighted by atomic mass is 10.2. The van der Waals surface area contributed by atoms with Gasteiger partial charge in [0.05, 0.1) is 11.8 Å². The number of alkyl halides is 1. The van der Waals surface area contributed by atoms with E-state index in [4.69, 9.17) is 11.6 Å². The summed E-state index contributed by atoms with van der Waals surface area (Å²) >= 11 is 5.65. The van der Waals surface area contributed by atoms with Gasteiger partial charge in [0.1, 0.15) is 5.82 Å². The number of unbranched alkanes of at least 4 members (excludes halogenated alkanes) is 1. The van der Waals surface area contributed by atoms with Crippen molar-refractivity contribution in [1.29, 1.82) is 0 Å². The van der Waals surface area contributed by atoms with Crippen molar-refractivity contribution < 1.29 is 9.18 Å².